The molecular formula is C20H21N3O3S. The molecule has 7 heteroatoms. The molecule has 3 rings (SSSR count). The van der Waals surface area contributed by atoms with Gasteiger partial charge < -0.3 is 15.0 Å². The van der Waals surface area contributed by atoms with Crippen molar-refractivity contribution in [3.63, 3.8) is 0 Å². The quantitative estimate of drug-likeness (QED) is 0.831. The van der Waals surface area contributed by atoms with Gasteiger partial charge in [0.15, 0.2) is 0 Å². The second kappa shape index (κ2) is 8.80. The predicted octanol–water partition coefficient (Wildman–Crippen LogP) is 2.72. The molecule has 6 nitrogen and oxygen atoms in total. The molecule has 0 saturated carbocycles. The second-order valence-electron chi connectivity index (χ2n) is 6.35. The fraction of sp³-hybridized carbons (Fsp3) is 0.350. The number of fused-ring (bicyclic) bond motifs is 1. The summed E-state index contributed by atoms with van der Waals surface area (Å²) in [6, 6.07) is 12.0. The Bertz CT molecular complexity index is 871. The molecule has 0 saturated heterocycles. The predicted molar refractivity (Wildman–Crippen MR) is 103 cm³/mol. The number of benzene rings is 1. The maximum Gasteiger partial charge on any atom is 0.248 e. The lowest BCUT2D eigenvalue weighted by atomic mass is 10.0. The number of thiophene rings is 1. The molecule has 0 bridgehead atoms. The van der Waals surface area contributed by atoms with Crippen molar-refractivity contribution in [1.29, 1.82) is 5.26 Å². The van der Waals surface area contributed by atoms with Gasteiger partial charge in [0.1, 0.15) is 17.7 Å². The van der Waals surface area contributed by atoms with Crippen LogP contribution in [0.5, 0.6) is 0 Å². The van der Waals surface area contributed by atoms with Crippen molar-refractivity contribution in [3.05, 3.63) is 51.9 Å². The third-order valence-electron chi connectivity index (χ3n) is 4.53. The molecule has 1 aromatic carbocycles. The lowest BCUT2D eigenvalue weighted by Crippen LogP contribution is -2.37. The lowest BCUT2D eigenvalue weighted by molar-refractivity contribution is -0.136. The van der Waals surface area contributed by atoms with Gasteiger partial charge in [-0.2, -0.15) is 5.26 Å². The zero-order valence-corrected chi connectivity index (χ0v) is 16.0. The number of ether oxygens (including phenoxy) is 1. The van der Waals surface area contributed by atoms with Crippen molar-refractivity contribution in [3.8, 4) is 6.07 Å². The van der Waals surface area contributed by atoms with Gasteiger partial charge in [-0.1, -0.05) is 30.3 Å². The summed E-state index contributed by atoms with van der Waals surface area (Å²) in [6.07, 6.45) is 1.62. The zero-order chi connectivity index (χ0) is 19.2. The average molecular weight is 383 g/mol. The van der Waals surface area contributed by atoms with E-state index in [9.17, 15) is 14.9 Å². The highest BCUT2D eigenvalue weighted by Gasteiger charge is 2.27. The number of nitriles is 1. The van der Waals surface area contributed by atoms with E-state index in [4.69, 9.17) is 4.74 Å². The van der Waals surface area contributed by atoms with Gasteiger partial charge in [-0.15, -0.1) is 11.3 Å². The molecule has 140 valence electrons. The SMILES string of the molecule is COCC(=O)N1CCc2c(sc(NC(=O)CCc3ccccc3)c2C#N)C1. The highest BCUT2D eigenvalue weighted by Crippen LogP contribution is 2.36. The summed E-state index contributed by atoms with van der Waals surface area (Å²) in [5, 5.41) is 13.0. The van der Waals surface area contributed by atoms with Crippen LogP contribution in [0.4, 0.5) is 5.00 Å². The van der Waals surface area contributed by atoms with E-state index in [0.717, 1.165) is 16.0 Å². The van der Waals surface area contributed by atoms with Gasteiger partial charge in [0.05, 0.1) is 12.1 Å². The minimum absolute atomic E-state index is 0.0505. The van der Waals surface area contributed by atoms with Gasteiger partial charge in [-0.25, -0.2) is 0 Å². The number of anilines is 1. The fourth-order valence-corrected chi connectivity index (χ4v) is 4.36. The maximum atomic E-state index is 12.3. The molecule has 2 aromatic rings. The van der Waals surface area contributed by atoms with Crippen molar-refractivity contribution < 1.29 is 14.3 Å². The van der Waals surface area contributed by atoms with Crippen LogP contribution < -0.4 is 5.32 Å². The number of methoxy groups -OCH3 is 1. The van der Waals surface area contributed by atoms with Crippen molar-refractivity contribution in [2.75, 3.05) is 25.6 Å². The van der Waals surface area contributed by atoms with E-state index in [1.54, 1.807) is 4.90 Å². The van der Waals surface area contributed by atoms with Gasteiger partial charge in [-0.3, -0.25) is 9.59 Å². The molecule has 2 amide bonds. The largest absolute Gasteiger partial charge is 0.375 e. The van der Waals surface area contributed by atoms with Crippen LogP contribution in [0, 0.1) is 11.3 Å². The van der Waals surface area contributed by atoms with Crippen molar-refractivity contribution in [2.45, 2.75) is 25.8 Å². The summed E-state index contributed by atoms with van der Waals surface area (Å²) in [6.45, 7) is 1.06. The van der Waals surface area contributed by atoms with Crippen LogP contribution in [0.3, 0.4) is 0 Å². The molecule has 0 unspecified atom stereocenters. The fourth-order valence-electron chi connectivity index (χ4n) is 3.13. The van der Waals surface area contributed by atoms with Crippen LogP contribution in [0.2, 0.25) is 0 Å². The molecule has 2 heterocycles. The molecule has 27 heavy (non-hydrogen) atoms. The molecule has 0 fully saturated rings. The third kappa shape index (κ3) is 4.54. The summed E-state index contributed by atoms with van der Waals surface area (Å²) in [7, 11) is 1.50. The molecule has 0 radical (unpaired) electrons. The minimum Gasteiger partial charge on any atom is -0.375 e. The van der Waals surface area contributed by atoms with E-state index in [1.807, 2.05) is 30.3 Å². The molecule has 1 aliphatic heterocycles. The summed E-state index contributed by atoms with van der Waals surface area (Å²) in [5.41, 5.74) is 2.58. The minimum atomic E-state index is -0.110. The van der Waals surface area contributed by atoms with E-state index >= 15 is 0 Å². The number of rotatable bonds is 6. The molecule has 1 N–H and O–H groups in total. The first-order chi connectivity index (χ1) is 13.1. The lowest BCUT2D eigenvalue weighted by Gasteiger charge is -2.26. The van der Waals surface area contributed by atoms with Crippen LogP contribution in [0.15, 0.2) is 30.3 Å². The maximum absolute atomic E-state index is 12.3. The monoisotopic (exact) mass is 383 g/mol. The van der Waals surface area contributed by atoms with Crippen LogP contribution in [-0.4, -0.2) is 37.0 Å². The topological polar surface area (TPSA) is 82.4 Å². The number of carbonyl (C=O) groups is 2. The second-order valence-corrected chi connectivity index (χ2v) is 7.46. The molecule has 1 aromatic heterocycles. The Morgan fingerprint density at radius 3 is 2.81 bits per heavy atom. The Morgan fingerprint density at radius 1 is 1.33 bits per heavy atom. The van der Waals surface area contributed by atoms with Crippen LogP contribution in [-0.2, 0) is 33.7 Å². The van der Waals surface area contributed by atoms with Crippen LogP contribution in [0.25, 0.3) is 0 Å². The van der Waals surface area contributed by atoms with Gasteiger partial charge in [-0.05, 0) is 24.0 Å². The van der Waals surface area contributed by atoms with E-state index in [0.29, 0.717) is 42.9 Å². The Morgan fingerprint density at radius 2 is 2.11 bits per heavy atom. The van der Waals surface area contributed by atoms with E-state index in [2.05, 4.69) is 11.4 Å². The van der Waals surface area contributed by atoms with Crippen molar-refractivity contribution >= 4 is 28.2 Å². The first-order valence-corrected chi connectivity index (χ1v) is 9.59. The first-order valence-electron chi connectivity index (χ1n) is 8.77. The van der Waals surface area contributed by atoms with Crippen molar-refractivity contribution in [2.24, 2.45) is 0 Å². The smallest absolute Gasteiger partial charge is 0.248 e. The molecule has 0 aliphatic carbocycles. The Balaban J connectivity index is 1.67. The van der Waals surface area contributed by atoms with Gasteiger partial charge in [0.2, 0.25) is 11.8 Å². The number of hydrogen-bond acceptors (Lipinski definition) is 5. The van der Waals surface area contributed by atoms with E-state index < -0.39 is 0 Å². The van der Waals surface area contributed by atoms with Crippen LogP contribution >= 0.6 is 11.3 Å². The highest BCUT2D eigenvalue weighted by molar-refractivity contribution is 7.16. The zero-order valence-electron chi connectivity index (χ0n) is 15.2. The number of hydrogen-bond donors (Lipinski definition) is 1. The van der Waals surface area contributed by atoms with Gasteiger partial charge >= 0.3 is 0 Å². The summed E-state index contributed by atoms with van der Waals surface area (Å²) in [4.78, 5) is 27.1. The van der Waals surface area contributed by atoms with Gasteiger partial charge in [0, 0.05) is 25.0 Å². The summed E-state index contributed by atoms with van der Waals surface area (Å²) in [5.74, 6) is -0.176. The summed E-state index contributed by atoms with van der Waals surface area (Å²) >= 11 is 1.39. The number of aryl methyl sites for hydroxylation is 1. The third-order valence-corrected chi connectivity index (χ3v) is 5.66. The molecule has 0 spiro atoms. The average Bonchev–Trinajstić information content (AvgIpc) is 3.03. The van der Waals surface area contributed by atoms with Gasteiger partial charge in [0.25, 0.3) is 0 Å². The summed E-state index contributed by atoms with van der Waals surface area (Å²) < 4.78 is 4.91. The highest BCUT2D eigenvalue weighted by atomic mass is 32.1. The van der Waals surface area contributed by atoms with Crippen molar-refractivity contribution in [1.82, 2.24) is 4.90 Å². The normalized spacial score (nSPS) is 13.0. The number of amides is 2. The van der Waals surface area contributed by atoms with E-state index in [-0.39, 0.29) is 18.4 Å². The number of carbonyl (C=O) groups excluding carboxylic acids is 2. The Kier molecular flexibility index (Phi) is 6.22. The Labute approximate surface area is 162 Å². The standard InChI is InChI=1S/C20H21N3O3S/c1-26-13-19(25)23-10-9-15-16(11-21)20(27-17(15)12-23)22-18(24)8-7-14-5-3-2-4-6-14/h2-6H,7-10,12-13H2,1H3,(H,22,24). The number of nitrogens with zero attached hydrogens (tertiary/aromatic N) is 2. The van der Waals surface area contributed by atoms with Crippen LogP contribution in [0.1, 0.15) is 28.0 Å². The molecular weight excluding hydrogens is 362 g/mol. The first kappa shape index (κ1) is 19.1. The van der Waals surface area contributed by atoms with E-state index in [1.165, 1.54) is 18.4 Å². The molecule has 1 aliphatic rings. The Hall–Kier alpha value is -2.69. The molecule has 0 atom stereocenters. The number of nitrogens with one attached hydrogen (secondary N) is 1.